The summed E-state index contributed by atoms with van der Waals surface area (Å²) < 4.78 is 5.68. The molecule has 1 aromatic rings. The van der Waals surface area contributed by atoms with Gasteiger partial charge in [0.2, 0.25) is 0 Å². The number of rotatable bonds is 6. The van der Waals surface area contributed by atoms with Gasteiger partial charge in [0, 0.05) is 6.04 Å². The first-order chi connectivity index (χ1) is 7.65. The number of allylic oxidation sites excluding steroid dienone is 1. The summed E-state index contributed by atoms with van der Waals surface area (Å²) in [5.41, 5.74) is 8.12. The van der Waals surface area contributed by atoms with Crippen LogP contribution in [0.1, 0.15) is 36.9 Å². The van der Waals surface area contributed by atoms with Gasteiger partial charge in [-0.3, -0.25) is 0 Å². The van der Waals surface area contributed by atoms with E-state index in [-0.39, 0.29) is 6.04 Å². The Morgan fingerprint density at radius 1 is 1.50 bits per heavy atom. The molecule has 2 N–H and O–H groups in total. The number of aryl methyl sites for hydroxylation is 1. The molecule has 0 fully saturated rings. The van der Waals surface area contributed by atoms with Crippen molar-refractivity contribution >= 4 is 0 Å². The number of benzene rings is 1. The molecule has 1 aromatic carbocycles. The molecule has 0 amide bonds. The molecular formula is C14H21NO. The fourth-order valence-corrected chi connectivity index (χ4v) is 1.53. The van der Waals surface area contributed by atoms with E-state index in [4.69, 9.17) is 10.5 Å². The molecule has 0 aliphatic carbocycles. The summed E-state index contributed by atoms with van der Waals surface area (Å²) in [5, 5.41) is 0. The highest BCUT2D eigenvalue weighted by Gasteiger charge is 2.03. The quantitative estimate of drug-likeness (QED) is 0.588. The molecule has 0 bridgehead atoms. The summed E-state index contributed by atoms with van der Waals surface area (Å²) in [6.45, 7) is 8.46. The van der Waals surface area contributed by atoms with Crippen LogP contribution < -0.4 is 10.5 Å². The Morgan fingerprint density at radius 3 is 2.81 bits per heavy atom. The van der Waals surface area contributed by atoms with Gasteiger partial charge in [-0.1, -0.05) is 18.2 Å². The smallest absolute Gasteiger partial charge is 0.122 e. The Balaban J connectivity index is 2.57. The summed E-state index contributed by atoms with van der Waals surface area (Å²) in [6, 6.07) is 6.20. The van der Waals surface area contributed by atoms with E-state index in [0.29, 0.717) is 0 Å². The van der Waals surface area contributed by atoms with Crippen molar-refractivity contribution in [2.75, 3.05) is 6.61 Å². The zero-order valence-electron chi connectivity index (χ0n) is 10.2. The maximum atomic E-state index is 5.82. The zero-order valence-corrected chi connectivity index (χ0v) is 10.2. The van der Waals surface area contributed by atoms with Gasteiger partial charge >= 0.3 is 0 Å². The van der Waals surface area contributed by atoms with Crippen LogP contribution in [0.5, 0.6) is 5.75 Å². The minimum absolute atomic E-state index is 0.0773. The molecule has 1 unspecified atom stereocenters. The molecule has 0 saturated carbocycles. The predicted octanol–water partition coefficient (Wildman–Crippen LogP) is 3.36. The summed E-state index contributed by atoms with van der Waals surface area (Å²) in [5.74, 6) is 0.952. The van der Waals surface area contributed by atoms with Crippen LogP contribution >= 0.6 is 0 Å². The van der Waals surface area contributed by atoms with Crippen molar-refractivity contribution in [3.05, 3.63) is 42.0 Å². The average molecular weight is 219 g/mol. The lowest BCUT2D eigenvalue weighted by Crippen LogP contribution is -2.06. The molecule has 2 heteroatoms. The van der Waals surface area contributed by atoms with Gasteiger partial charge in [0.25, 0.3) is 0 Å². The first-order valence-corrected chi connectivity index (χ1v) is 5.75. The SMILES string of the molecule is C=CCCCOc1ccc(C(C)N)cc1C. The van der Waals surface area contributed by atoms with Crippen molar-refractivity contribution in [3.63, 3.8) is 0 Å². The number of hydrogen-bond acceptors (Lipinski definition) is 2. The van der Waals surface area contributed by atoms with Crippen LogP contribution in [0.25, 0.3) is 0 Å². The van der Waals surface area contributed by atoms with Crippen LogP contribution in [0.4, 0.5) is 0 Å². The molecular weight excluding hydrogens is 198 g/mol. The molecule has 1 atom stereocenters. The van der Waals surface area contributed by atoms with E-state index in [1.165, 1.54) is 0 Å². The molecule has 16 heavy (non-hydrogen) atoms. The lowest BCUT2D eigenvalue weighted by molar-refractivity contribution is 0.310. The standard InChI is InChI=1S/C14H21NO/c1-4-5-6-9-16-14-8-7-13(12(3)15)10-11(14)2/h4,7-8,10,12H,1,5-6,9,15H2,2-3H3. The minimum Gasteiger partial charge on any atom is -0.493 e. The lowest BCUT2D eigenvalue weighted by Gasteiger charge is -2.12. The van der Waals surface area contributed by atoms with E-state index in [2.05, 4.69) is 19.6 Å². The molecule has 0 spiro atoms. The third kappa shape index (κ3) is 3.70. The third-order valence-corrected chi connectivity index (χ3v) is 2.53. The minimum atomic E-state index is 0.0773. The zero-order chi connectivity index (χ0) is 12.0. The summed E-state index contributed by atoms with van der Waals surface area (Å²) in [7, 11) is 0. The van der Waals surface area contributed by atoms with Crippen LogP contribution in [0.15, 0.2) is 30.9 Å². The molecule has 1 rings (SSSR count). The molecule has 0 aliphatic rings. The van der Waals surface area contributed by atoms with Crippen molar-refractivity contribution in [2.24, 2.45) is 5.73 Å². The monoisotopic (exact) mass is 219 g/mol. The Hall–Kier alpha value is -1.28. The van der Waals surface area contributed by atoms with Crippen LogP contribution in [0.2, 0.25) is 0 Å². The fraction of sp³-hybridized carbons (Fsp3) is 0.429. The molecule has 0 saturated heterocycles. The van der Waals surface area contributed by atoms with Gasteiger partial charge in [-0.25, -0.2) is 0 Å². The second kappa shape index (κ2) is 6.33. The molecule has 88 valence electrons. The van der Waals surface area contributed by atoms with Crippen LogP contribution in [0, 0.1) is 6.92 Å². The van der Waals surface area contributed by atoms with Crippen molar-refractivity contribution in [1.82, 2.24) is 0 Å². The molecule has 2 nitrogen and oxygen atoms in total. The van der Waals surface area contributed by atoms with Gasteiger partial charge in [0.1, 0.15) is 5.75 Å². The van der Waals surface area contributed by atoms with E-state index in [1.807, 2.05) is 25.1 Å². The topological polar surface area (TPSA) is 35.2 Å². The van der Waals surface area contributed by atoms with Gasteiger partial charge in [0.15, 0.2) is 0 Å². The van der Waals surface area contributed by atoms with Crippen molar-refractivity contribution in [1.29, 1.82) is 0 Å². The van der Waals surface area contributed by atoms with Crippen molar-refractivity contribution < 1.29 is 4.74 Å². The van der Waals surface area contributed by atoms with E-state index in [0.717, 1.165) is 36.3 Å². The van der Waals surface area contributed by atoms with Gasteiger partial charge in [-0.05, 0) is 43.9 Å². The molecule has 0 aliphatic heterocycles. The maximum Gasteiger partial charge on any atom is 0.122 e. The first-order valence-electron chi connectivity index (χ1n) is 5.75. The Labute approximate surface area is 98.1 Å². The number of unbranched alkanes of at least 4 members (excludes halogenated alkanes) is 1. The lowest BCUT2D eigenvalue weighted by atomic mass is 10.1. The Morgan fingerprint density at radius 2 is 2.25 bits per heavy atom. The highest BCUT2D eigenvalue weighted by atomic mass is 16.5. The van der Waals surface area contributed by atoms with Gasteiger partial charge in [-0.15, -0.1) is 6.58 Å². The largest absolute Gasteiger partial charge is 0.493 e. The molecule has 0 heterocycles. The predicted molar refractivity (Wildman–Crippen MR) is 68.7 cm³/mol. The summed E-state index contributed by atoms with van der Waals surface area (Å²) >= 11 is 0. The first kappa shape index (κ1) is 12.8. The Bertz CT molecular complexity index is 345. The van der Waals surface area contributed by atoms with Crippen molar-refractivity contribution in [2.45, 2.75) is 32.7 Å². The van der Waals surface area contributed by atoms with Gasteiger partial charge in [0.05, 0.1) is 6.61 Å². The van der Waals surface area contributed by atoms with E-state index >= 15 is 0 Å². The maximum absolute atomic E-state index is 5.82. The molecule has 0 aromatic heterocycles. The Kier molecular flexibility index (Phi) is 5.06. The highest BCUT2D eigenvalue weighted by molar-refractivity contribution is 5.37. The normalized spacial score (nSPS) is 12.2. The van der Waals surface area contributed by atoms with Crippen LogP contribution in [-0.4, -0.2) is 6.61 Å². The van der Waals surface area contributed by atoms with E-state index in [9.17, 15) is 0 Å². The highest BCUT2D eigenvalue weighted by Crippen LogP contribution is 2.22. The fourth-order valence-electron chi connectivity index (χ4n) is 1.53. The van der Waals surface area contributed by atoms with Crippen LogP contribution in [-0.2, 0) is 0 Å². The molecule has 0 radical (unpaired) electrons. The number of ether oxygens (including phenoxy) is 1. The van der Waals surface area contributed by atoms with Gasteiger partial charge in [-0.2, -0.15) is 0 Å². The van der Waals surface area contributed by atoms with E-state index < -0.39 is 0 Å². The van der Waals surface area contributed by atoms with Crippen molar-refractivity contribution in [3.8, 4) is 5.75 Å². The number of nitrogens with two attached hydrogens (primary N) is 1. The summed E-state index contributed by atoms with van der Waals surface area (Å²) in [4.78, 5) is 0. The average Bonchev–Trinajstić information content (AvgIpc) is 2.26. The van der Waals surface area contributed by atoms with E-state index in [1.54, 1.807) is 0 Å². The van der Waals surface area contributed by atoms with Crippen LogP contribution in [0.3, 0.4) is 0 Å². The second-order valence-corrected chi connectivity index (χ2v) is 4.09. The number of hydrogen-bond donors (Lipinski definition) is 1. The second-order valence-electron chi connectivity index (χ2n) is 4.09. The summed E-state index contributed by atoms with van der Waals surface area (Å²) in [6.07, 6.45) is 3.92. The third-order valence-electron chi connectivity index (χ3n) is 2.53. The van der Waals surface area contributed by atoms with Gasteiger partial charge < -0.3 is 10.5 Å².